The van der Waals surface area contributed by atoms with Gasteiger partial charge in [-0.15, -0.1) is 0 Å². The highest BCUT2D eigenvalue weighted by molar-refractivity contribution is 5.36. The summed E-state index contributed by atoms with van der Waals surface area (Å²) in [5, 5.41) is 0. The number of pyridine rings is 1. The van der Waals surface area contributed by atoms with Crippen LogP contribution in [0.5, 0.6) is 0 Å². The first-order valence-electron chi connectivity index (χ1n) is 5.66. The van der Waals surface area contributed by atoms with E-state index in [2.05, 4.69) is 42.5 Å². The minimum Gasteiger partial charge on any atom is -0.271 e. The van der Waals surface area contributed by atoms with Gasteiger partial charge in [0.05, 0.1) is 11.7 Å². The Morgan fingerprint density at radius 3 is 2.59 bits per heavy atom. The Kier molecular flexibility index (Phi) is 3.52. The lowest BCUT2D eigenvalue weighted by atomic mass is 9.97. The lowest BCUT2D eigenvalue weighted by molar-refractivity contribution is 0.617. The Hall–Kier alpha value is -1.71. The highest BCUT2D eigenvalue weighted by Gasteiger charge is 2.15. The molecule has 3 heteroatoms. The van der Waals surface area contributed by atoms with E-state index in [-0.39, 0.29) is 6.04 Å². The van der Waals surface area contributed by atoms with Crippen molar-refractivity contribution < 1.29 is 0 Å². The second-order valence-electron chi connectivity index (χ2n) is 4.21. The number of benzene rings is 1. The van der Waals surface area contributed by atoms with Crippen LogP contribution in [0, 0.1) is 13.8 Å². The molecule has 1 unspecified atom stereocenters. The Morgan fingerprint density at radius 1 is 1.18 bits per heavy atom. The van der Waals surface area contributed by atoms with E-state index >= 15 is 0 Å². The molecule has 0 radical (unpaired) electrons. The Bertz CT molecular complexity index is 494. The lowest BCUT2D eigenvalue weighted by Gasteiger charge is -2.18. The first kappa shape index (κ1) is 11.8. The maximum atomic E-state index is 5.65. The molecule has 0 amide bonds. The Labute approximate surface area is 102 Å². The van der Waals surface area contributed by atoms with Gasteiger partial charge in [-0.2, -0.15) is 0 Å². The maximum Gasteiger partial charge on any atom is 0.0883 e. The third-order valence-electron chi connectivity index (χ3n) is 2.89. The molecule has 2 aromatic rings. The average Bonchev–Trinajstić information content (AvgIpc) is 2.34. The summed E-state index contributed by atoms with van der Waals surface area (Å²) in [5.74, 6) is 5.65. The smallest absolute Gasteiger partial charge is 0.0883 e. The number of nitrogens with one attached hydrogen (secondary N) is 1. The van der Waals surface area contributed by atoms with Gasteiger partial charge < -0.3 is 0 Å². The Morgan fingerprint density at radius 2 is 2.00 bits per heavy atom. The summed E-state index contributed by atoms with van der Waals surface area (Å²) in [6.07, 6.45) is 1.78. The number of aryl methyl sites for hydroxylation is 2. The van der Waals surface area contributed by atoms with Crippen molar-refractivity contribution in [3.63, 3.8) is 0 Å². The van der Waals surface area contributed by atoms with E-state index < -0.39 is 0 Å². The van der Waals surface area contributed by atoms with Gasteiger partial charge in [-0.1, -0.05) is 29.8 Å². The molecule has 3 nitrogen and oxygen atoms in total. The van der Waals surface area contributed by atoms with Crippen molar-refractivity contribution in [2.45, 2.75) is 19.9 Å². The van der Waals surface area contributed by atoms with E-state index in [9.17, 15) is 0 Å². The number of nitrogens with zero attached hydrogens (tertiary/aromatic N) is 1. The minimum atomic E-state index is -0.0585. The van der Waals surface area contributed by atoms with Gasteiger partial charge in [0.2, 0.25) is 0 Å². The van der Waals surface area contributed by atoms with Crippen molar-refractivity contribution in [3.8, 4) is 0 Å². The SMILES string of the molecule is Cc1ccc(C(NN)c2ccccn2)c(C)c1. The molecule has 0 saturated carbocycles. The molecule has 3 N–H and O–H groups in total. The first-order valence-corrected chi connectivity index (χ1v) is 5.66. The second-order valence-corrected chi connectivity index (χ2v) is 4.21. The van der Waals surface area contributed by atoms with E-state index in [0.717, 1.165) is 11.3 Å². The van der Waals surface area contributed by atoms with Crippen molar-refractivity contribution in [1.29, 1.82) is 0 Å². The molecule has 2 rings (SSSR count). The van der Waals surface area contributed by atoms with Gasteiger partial charge in [-0.05, 0) is 37.1 Å². The molecule has 0 bridgehead atoms. The quantitative estimate of drug-likeness (QED) is 0.624. The van der Waals surface area contributed by atoms with Crippen molar-refractivity contribution in [3.05, 3.63) is 65.0 Å². The number of aromatic nitrogens is 1. The van der Waals surface area contributed by atoms with Gasteiger partial charge in [0.1, 0.15) is 0 Å². The van der Waals surface area contributed by atoms with E-state index in [0.29, 0.717) is 0 Å². The molecule has 0 aliphatic heterocycles. The second kappa shape index (κ2) is 5.08. The molecule has 0 spiro atoms. The van der Waals surface area contributed by atoms with Gasteiger partial charge in [0.15, 0.2) is 0 Å². The molecule has 1 heterocycles. The van der Waals surface area contributed by atoms with Crippen molar-refractivity contribution in [1.82, 2.24) is 10.4 Å². The summed E-state index contributed by atoms with van der Waals surface area (Å²) in [7, 11) is 0. The molecule has 17 heavy (non-hydrogen) atoms. The molecule has 88 valence electrons. The zero-order valence-electron chi connectivity index (χ0n) is 10.1. The normalized spacial score (nSPS) is 12.4. The van der Waals surface area contributed by atoms with Crippen LogP contribution in [0.4, 0.5) is 0 Å². The van der Waals surface area contributed by atoms with Gasteiger partial charge in [-0.3, -0.25) is 10.8 Å². The zero-order chi connectivity index (χ0) is 12.3. The van der Waals surface area contributed by atoms with Crippen molar-refractivity contribution >= 4 is 0 Å². The van der Waals surface area contributed by atoms with Gasteiger partial charge in [0.25, 0.3) is 0 Å². The van der Waals surface area contributed by atoms with Crippen LogP contribution < -0.4 is 11.3 Å². The van der Waals surface area contributed by atoms with Crippen LogP contribution in [-0.4, -0.2) is 4.98 Å². The third-order valence-corrected chi connectivity index (χ3v) is 2.89. The van der Waals surface area contributed by atoms with Crippen LogP contribution in [0.3, 0.4) is 0 Å². The van der Waals surface area contributed by atoms with E-state index in [1.165, 1.54) is 11.1 Å². The summed E-state index contributed by atoms with van der Waals surface area (Å²) < 4.78 is 0. The van der Waals surface area contributed by atoms with E-state index in [4.69, 9.17) is 5.84 Å². The molecule has 1 aromatic heterocycles. The standard InChI is InChI=1S/C14H17N3/c1-10-6-7-12(11(2)9-10)14(17-15)13-5-3-4-8-16-13/h3-9,14,17H,15H2,1-2H3. The van der Waals surface area contributed by atoms with Gasteiger partial charge in [0, 0.05) is 6.20 Å². The van der Waals surface area contributed by atoms with Crippen molar-refractivity contribution in [2.24, 2.45) is 5.84 Å². The van der Waals surface area contributed by atoms with Crippen LogP contribution in [-0.2, 0) is 0 Å². The fourth-order valence-electron chi connectivity index (χ4n) is 2.03. The van der Waals surface area contributed by atoms with Crippen LogP contribution >= 0.6 is 0 Å². The number of hydrogen-bond donors (Lipinski definition) is 2. The predicted molar refractivity (Wildman–Crippen MR) is 69.3 cm³/mol. The molecule has 0 aliphatic carbocycles. The third kappa shape index (κ3) is 2.52. The number of nitrogens with two attached hydrogens (primary N) is 1. The predicted octanol–water partition coefficient (Wildman–Crippen LogP) is 2.25. The number of rotatable bonds is 3. The number of hydrazine groups is 1. The van der Waals surface area contributed by atoms with Crippen LogP contribution in [0.15, 0.2) is 42.6 Å². The largest absolute Gasteiger partial charge is 0.271 e. The summed E-state index contributed by atoms with van der Waals surface area (Å²) in [5.41, 5.74) is 7.40. The molecule has 0 fully saturated rings. The van der Waals surface area contributed by atoms with Gasteiger partial charge >= 0.3 is 0 Å². The van der Waals surface area contributed by atoms with Crippen molar-refractivity contribution in [2.75, 3.05) is 0 Å². The Balaban J connectivity index is 2.42. The summed E-state index contributed by atoms with van der Waals surface area (Å²) in [4.78, 5) is 4.35. The van der Waals surface area contributed by atoms with Crippen LogP contribution in [0.2, 0.25) is 0 Å². The topological polar surface area (TPSA) is 50.9 Å². The average molecular weight is 227 g/mol. The van der Waals surface area contributed by atoms with Gasteiger partial charge in [-0.25, -0.2) is 5.43 Å². The molecular formula is C14H17N3. The zero-order valence-corrected chi connectivity index (χ0v) is 10.1. The maximum absolute atomic E-state index is 5.65. The highest BCUT2D eigenvalue weighted by atomic mass is 15.2. The number of hydrogen-bond acceptors (Lipinski definition) is 3. The lowest BCUT2D eigenvalue weighted by Crippen LogP contribution is -2.30. The fourth-order valence-corrected chi connectivity index (χ4v) is 2.03. The van der Waals surface area contributed by atoms with E-state index in [1.807, 2.05) is 18.2 Å². The molecule has 0 aliphatic rings. The summed E-state index contributed by atoms with van der Waals surface area (Å²) in [6.45, 7) is 4.18. The highest BCUT2D eigenvalue weighted by Crippen LogP contribution is 2.23. The first-order chi connectivity index (χ1) is 8.22. The fraction of sp³-hybridized carbons (Fsp3) is 0.214. The summed E-state index contributed by atoms with van der Waals surface area (Å²) >= 11 is 0. The molecule has 1 atom stereocenters. The van der Waals surface area contributed by atoms with E-state index in [1.54, 1.807) is 6.20 Å². The van der Waals surface area contributed by atoms with Crippen LogP contribution in [0.25, 0.3) is 0 Å². The molecule has 1 aromatic carbocycles. The van der Waals surface area contributed by atoms with Crippen LogP contribution in [0.1, 0.15) is 28.4 Å². The summed E-state index contributed by atoms with van der Waals surface area (Å²) in [6, 6.07) is 12.1. The molecule has 0 saturated heterocycles. The molecular weight excluding hydrogens is 210 g/mol. The monoisotopic (exact) mass is 227 g/mol. The minimum absolute atomic E-state index is 0.0585.